The van der Waals surface area contributed by atoms with Crippen molar-refractivity contribution in [2.45, 2.75) is 17.9 Å². The lowest BCUT2D eigenvalue weighted by atomic mass is 10.3. The van der Waals surface area contributed by atoms with Crippen molar-refractivity contribution in [3.05, 3.63) is 24.4 Å². The monoisotopic (exact) mass is 328 g/mol. The van der Waals surface area contributed by atoms with Gasteiger partial charge in [0.05, 0.1) is 0 Å². The second kappa shape index (κ2) is 7.15. The van der Waals surface area contributed by atoms with Crippen LogP contribution in [0.25, 0.3) is 5.65 Å². The Morgan fingerprint density at radius 1 is 1.33 bits per heavy atom. The van der Waals surface area contributed by atoms with Crippen LogP contribution in [0, 0.1) is 0 Å². The highest BCUT2D eigenvalue weighted by Crippen LogP contribution is 2.22. The number of hydrogen-bond donors (Lipinski definition) is 2. The zero-order valence-corrected chi connectivity index (χ0v) is 13.8. The molecule has 6 nitrogen and oxygen atoms in total. The minimum atomic E-state index is -3.59. The predicted molar refractivity (Wildman–Crippen MR) is 87.5 cm³/mol. The van der Waals surface area contributed by atoms with Gasteiger partial charge in [-0.3, -0.25) is 4.40 Å². The van der Waals surface area contributed by atoms with Crippen LogP contribution in [-0.4, -0.2) is 43.4 Å². The normalized spacial score (nSPS) is 11.9. The van der Waals surface area contributed by atoms with Crippen molar-refractivity contribution in [1.82, 2.24) is 14.1 Å². The van der Waals surface area contributed by atoms with E-state index in [0.717, 1.165) is 18.6 Å². The molecule has 8 heteroatoms. The molecule has 0 unspecified atom stereocenters. The summed E-state index contributed by atoms with van der Waals surface area (Å²) in [5.41, 5.74) is 0.601. The van der Waals surface area contributed by atoms with E-state index in [0.29, 0.717) is 18.0 Å². The van der Waals surface area contributed by atoms with E-state index < -0.39 is 10.0 Å². The number of rotatable bonds is 8. The number of sulfonamides is 1. The Morgan fingerprint density at radius 3 is 2.86 bits per heavy atom. The Labute approximate surface area is 129 Å². The zero-order chi connectivity index (χ0) is 15.3. The van der Waals surface area contributed by atoms with Crippen LogP contribution in [-0.2, 0) is 10.0 Å². The zero-order valence-electron chi connectivity index (χ0n) is 12.2. The van der Waals surface area contributed by atoms with Gasteiger partial charge in [0.1, 0.15) is 5.65 Å². The molecule has 2 heterocycles. The van der Waals surface area contributed by atoms with Gasteiger partial charge in [0, 0.05) is 19.8 Å². The molecule has 2 N–H and O–H groups in total. The highest BCUT2D eigenvalue weighted by Gasteiger charge is 2.24. The number of nitrogens with one attached hydrogen (secondary N) is 2. The second-order valence-electron chi connectivity index (χ2n) is 4.54. The van der Waals surface area contributed by atoms with Crippen molar-refractivity contribution in [2.75, 3.05) is 30.9 Å². The molecule has 0 atom stereocenters. The molecule has 0 aliphatic rings. The summed E-state index contributed by atoms with van der Waals surface area (Å²) in [6.45, 7) is 0.437. The molecule has 21 heavy (non-hydrogen) atoms. The largest absolute Gasteiger partial charge is 0.371 e. The Morgan fingerprint density at radius 2 is 2.14 bits per heavy atom. The Kier molecular flexibility index (Phi) is 5.49. The first kappa shape index (κ1) is 16.1. The van der Waals surface area contributed by atoms with Gasteiger partial charge in [0.25, 0.3) is 10.0 Å². The van der Waals surface area contributed by atoms with E-state index in [1.54, 1.807) is 41.5 Å². The van der Waals surface area contributed by atoms with Gasteiger partial charge >= 0.3 is 0 Å². The third-order valence-corrected chi connectivity index (χ3v) is 5.22. The standard InChI is InChI=1S/C13H20N4O2S2/c1-14-12-13(17-9-5-3-7-11(17)16-12)21(18,19)15-8-4-6-10-20-2/h3,5,7,9,14-15H,4,6,8,10H2,1-2H3. The first-order valence-electron chi connectivity index (χ1n) is 6.73. The van der Waals surface area contributed by atoms with Crippen LogP contribution in [0.5, 0.6) is 0 Å². The first-order chi connectivity index (χ1) is 10.1. The summed E-state index contributed by atoms with van der Waals surface area (Å²) in [5, 5.41) is 3.01. The van der Waals surface area contributed by atoms with E-state index in [1.807, 2.05) is 12.3 Å². The van der Waals surface area contributed by atoms with Crippen LogP contribution in [0.2, 0.25) is 0 Å². The summed E-state index contributed by atoms with van der Waals surface area (Å²) in [7, 11) is -1.93. The van der Waals surface area contributed by atoms with E-state index in [1.165, 1.54) is 0 Å². The SMILES string of the molecule is CNc1nc2ccccn2c1S(=O)(=O)NCCCCSC. The lowest BCUT2D eigenvalue weighted by Gasteiger charge is -2.08. The van der Waals surface area contributed by atoms with Crippen LogP contribution >= 0.6 is 11.8 Å². The molecule has 0 aliphatic carbocycles. The highest BCUT2D eigenvalue weighted by molar-refractivity contribution is 7.98. The molecule has 2 aromatic rings. The molecule has 0 bridgehead atoms. The maximum absolute atomic E-state index is 12.5. The van der Waals surface area contributed by atoms with E-state index in [-0.39, 0.29) is 5.03 Å². The fourth-order valence-electron chi connectivity index (χ4n) is 2.04. The smallest absolute Gasteiger partial charge is 0.260 e. The number of pyridine rings is 1. The molecule has 0 aromatic carbocycles. The minimum Gasteiger partial charge on any atom is -0.371 e. The van der Waals surface area contributed by atoms with Crippen molar-refractivity contribution in [2.24, 2.45) is 0 Å². The molecule has 0 fully saturated rings. The maximum atomic E-state index is 12.5. The van der Waals surface area contributed by atoms with Crippen molar-refractivity contribution in [1.29, 1.82) is 0 Å². The van der Waals surface area contributed by atoms with Crippen LogP contribution in [0.4, 0.5) is 5.82 Å². The van der Waals surface area contributed by atoms with E-state index in [4.69, 9.17) is 0 Å². The number of hydrogen-bond acceptors (Lipinski definition) is 5. The molecule has 2 aromatic heterocycles. The summed E-state index contributed by atoms with van der Waals surface area (Å²) in [4.78, 5) is 4.28. The summed E-state index contributed by atoms with van der Waals surface area (Å²) in [6.07, 6.45) is 5.56. The number of unbranched alkanes of at least 4 members (excludes halogenated alkanes) is 1. The van der Waals surface area contributed by atoms with Gasteiger partial charge in [0.15, 0.2) is 10.8 Å². The lowest BCUT2D eigenvalue weighted by molar-refractivity contribution is 0.574. The molecule has 0 radical (unpaired) electrons. The number of thioether (sulfide) groups is 1. The van der Waals surface area contributed by atoms with Gasteiger partial charge in [-0.1, -0.05) is 6.07 Å². The van der Waals surface area contributed by atoms with Crippen molar-refractivity contribution >= 4 is 33.3 Å². The number of imidazole rings is 1. The summed E-state index contributed by atoms with van der Waals surface area (Å²) in [6, 6.07) is 5.39. The van der Waals surface area contributed by atoms with Gasteiger partial charge in [-0.25, -0.2) is 18.1 Å². The van der Waals surface area contributed by atoms with Crippen molar-refractivity contribution in [3.8, 4) is 0 Å². The number of aromatic nitrogens is 2. The molecule has 0 saturated carbocycles. The summed E-state index contributed by atoms with van der Waals surface area (Å²) in [5.74, 6) is 1.40. The number of fused-ring (bicyclic) bond motifs is 1. The highest BCUT2D eigenvalue weighted by atomic mass is 32.2. The van der Waals surface area contributed by atoms with Crippen molar-refractivity contribution in [3.63, 3.8) is 0 Å². The Balaban J connectivity index is 2.23. The van der Waals surface area contributed by atoms with Gasteiger partial charge in [-0.2, -0.15) is 11.8 Å². The fourth-order valence-corrected chi connectivity index (χ4v) is 3.90. The third-order valence-electron chi connectivity index (χ3n) is 3.04. The molecule has 0 aliphatic heterocycles. The van der Waals surface area contributed by atoms with Gasteiger partial charge < -0.3 is 5.32 Å². The van der Waals surface area contributed by atoms with E-state index in [2.05, 4.69) is 15.0 Å². The van der Waals surface area contributed by atoms with E-state index >= 15 is 0 Å². The molecule has 116 valence electrons. The molecule has 0 saturated heterocycles. The van der Waals surface area contributed by atoms with Gasteiger partial charge in [-0.05, 0) is 37.0 Å². The topological polar surface area (TPSA) is 75.5 Å². The molecule has 0 spiro atoms. The van der Waals surface area contributed by atoms with Gasteiger partial charge in [0.2, 0.25) is 0 Å². The average Bonchev–Trinajstić information content (AvgIpc) is 2.86. The Bertz CT molecular complexity index is 697. The molecule has 2 rings (SSSR count). The quantitative estimate of drug-likeness (QED) is 0.723. The first-order valence-corrected chi connectivity index (χ1v) is 9.61. The average molecular weight is 328 g/mol. The van der Waals surface area contributed by atoms with Crippen molar-refractivity contribution < 1.29 is 8.42 Å². The Hall–Kier alpha value is -1.25. The maximum Gasteiger partial charge on any atom is 0.260 e. The lowest BCUT2D eigenvalue weighted by Crippen LogP contribution is -2.26. The fraction of sp³-hybridized carbons (Fsp3) is 0.462. The minimum absolute atomic E-state index is 0.158. The van der Waals surface area contributed by atoms with Gasteiger partial charge in [-0.15, -0.1) is 0 Å². The summed E-state index contributed by atoms with van der Waals surface area (Å²) >= 11 is 1.76. The second-order valence-corrected chi connectivity index (χ2v) is 7.21. The number of nitrogens with zero attached hydrogens (tertiary/aromatic N) is 2. The summed E-state index contributed by atoms with van der Waals surface area (Å²) < 4.78 is 29.2. The third kappa shape index (κ3) is 3.69. The van der Waals surface area contributed by atoms with E-state index in [9.17, 15) is 8.42 Å². The number of anilines is 1. The molecular weight excluding hydrogens is 308 g/mol. The molecular formula is C13H20N4O2S2. The molecule has 0 amide bonds. The predicted octanol–water partition coefficient (Wildman–Crippen LogP) is 1.80. The van der Waals surface area contributed by atoms with Crippen LogP contribution in [0.3, 0.4) is 0 Å². The van der Waals surface area contributed by atoms with Crippen LogP contribution < -0.4 is 10.0 Å². The van der Waals surface area contributed by atoms with Crippen LogP contribution in [0.1, 0.15) is 12.8 Å². The van der Waals surface area contributed by atoms with Crippen LogP contribution in [0.15, 0.2) is 29.4 Å².